The van der Waals surface area contributed by atoms with E-state index < -0.39 is 12.6 Å². The van der Waals surface area contributed by atoms with Crippen molar-refractivity contribution in [2.45, 2.75) is 32.6 Å². The fraction of sp³-hybridized carbons (Fsp3) is 0.875. The first-order chi connectivity index (χ1) is 6.16. The van der Waals surface area contributed by atoms with E-state index in [1.807, 2.05) is 0 Å². The second-order valence-electron chi connectivity index (χ2n) is 2.42. The largest absolute Gasteiger partial charge is 0.508 e. The fourth-order valence-electron chi connectivity index (χ4n) is 0.716. The maximum Gasteiger partial charge on any atom is 0.508 e. The summed E-state index contributed by atoms with van der Waals surface area (Å²) in [7, 11) is 0. The van der Waals surface area contributed by atoms with E-state index in [1.54, 1.807) is 6.92 Å². The molecule has 0 aliphatic heterocycles. The normalized spacial score (nSPS) is 10.2. The predicted octanol–water partition coefficient (Wildman–Crippen LogP) is 2.59. The van der Waals surface area contributed by atoms with Crippen molar-refractivity contribution in [1.82, 2.24) is 0 Å². The molecule has 0 N–H and O–H groups in total. The Labute approximate surface area is 76.0 Å². The van der Waals surface area contributed by atoms with Crippen LogP contribution in [0, 0.1) is 0 Å². The summed E-state index contributed by atoms with van der Waals surface area (Å²) >= 11 is 0. The van der Waals surface area contributed by atoms with Crippen molar-refractivity contribution in [2.75, 3.05) is 13.2 Å². The number of hydrogen-bond donors (Lipinski definition) is 0. The van der Waals surface area contributed by atoms with Crippen LogP contribution in [-0.2, 0) is 9.47 Å². The smallest absolute Gasteiger partial charge is 0.435 e. The van der Waals surface area contributed by atoms with Crippen molar-refractivity contribution in [3.8, 4) is 0 Å². The van der Waals surface area contributed by atoms with Gasteiger partial charge in [0.2, 0.25) is 6.43 Å². The van der Waals surface area contributed by atoms with Crippen molar-refractivity contribution >= 4 is 6.16 Å². The van der Waals surface area contributed by atoms with E-state index in [2.05, 4.69) is 9.47 Å². The second kappa shape index (κ2) is 7.76. The van der Waals surface area contributed by atoms with Crippen LogP contribution in [0.1, 0.15) is 26.2 Å². The maximum atomic E-state index is 11.6. The molecule has 0 aromatic carbocycles. The summed E-state index contributed by atoms with van der Waals surface area (Å²) in [6, 6.07) is 0. The number of ether oxygens (including phenoxy) is 2. The van der Waals surface area contributed by atoms with Crippen molar-refractivity contribution in [3.63, 3.8) is 0 Å². The molecule has 3 nitrogen and oxygen atoms in total. The van der Waals surface area contributed by atoms with E-state index in [0.717, 1.165) is 0 Å². The lowest BCUT2D eigenvalue weighted by molar-refractivity contribution is 0.0564. The molecule has 0 aliphatic rings. The number of alkyl halides is 2. The minimum Gasteiger partial charge on any atom is -0.435 e. The Balaban J connectivity index is 3.11. The molecule has 5 heteroatoms. The summed E-state index contributed by atoms with van der Waals surface area (Å²) in [5.74, 6) is 0. The van der Waals surface area contributed by atoms with Gasteiger partial charge in [-0.05, 0) is 19.8 Å². The monoisotopic (exact) mass is 196 g/mol. The van der Waals surface area contributed by atoms with Gasteiger partial charge in [0, 0.05) is 6.42 Å². The fourth-order valence-corrected chi connectivity index (χ4v) is 0.716. The number of rotatable bonds is 6. The van der Waals surface area contributed by atoms with E-state index in [0.29, 0.717) is 12.8 Å². The standard InChI is InChI=1S/C8H14F2O3/c1-2-12-8(11)13-6-4-3-5-7(9)10/h7H,2-6H2,1H3. The molecule has 0 radical (unpaired) electrons. The van der Waals surface area contributed by atoms with Crippen LogP contribution in [0.25, 0.3) is 0 Å². The minimum atomic E-state index is -2.28. The third kappa shape index (κ3) is 9.04. The highest BCUT2D eigenvalue weighted by molar-refractivity contribution is 5.59. The van der Waals surface area contributed by atoms with Gasteiger partial charge in [-0.25, -0.2) is 13.6 Å². The minimum absolute atomic E-state index is 0.144. The van der Waals surface area contributed by atoms with E-state index in [-0.39, 0.29) is 19.6 Å². The highest BCUT2D eigenvalue weighted by Crippen LogP contribution is 2.05. The van der Waals surface area contributed by atoms with E-state index in [1.165, 1.54) is 0 Å². The van der Waals surface area contributed by atoms with Crippen molar-refractivity contribution in [3.05, 3.63) is 0 Å². The lowest BCUT2D eigenvalue weighted by atomic mass is 10.2. The molecule has 0 aliphatic carbocycles. The second-order valence-corrected chi connectivity index (χ2v) is 2.42. The number of halogens is 2. The van der Waals surface area contributed by atoms with Crippen LogP contribution in [0.4, 0.5) is 13.6 Å². The molecule has 0 unspecified atom stereocenters. The summed E-state index contributed by atoms with van der Waals surface area (Å²) in [4.78, 5) is 10.5. The molecule has 0 amide bonds. The highest BCUT2D eigenvalue weighted by Gasteiger charge is 2.03. The first-order valence-electron chi connectivity index (χ1n) is 4.24. The van der Waals surface area contributed by atoms with Crippen molar-refractivity contribution in [1.29, 1.82) is 0 Å². The van der Waals surface area contributed by atoms with Gasteiger partial charge < -0.3 is 9.47 Å². The number of carbonyl (C=O) groups is 1. The predicted molar refractivity (Wildman–Crippen MR) is 42.8 cm³/mol. The van der Waals surface area contributed by atoms with Crippen molar-refractivity contribution < 1.29 is 23.0 Å². The maximum absolute atomic E-state index is 11.6. The third-order valence-electron chi connectivity index (χ3n) is 1.30. The summed E-state index contributed by atoms with van der Waals surface area (Å²) in [5, 5.41) is 0. The van der Waals surface area contributed by atoms with Gasteiger partial charge in [-0.3, -0.25) is 0 Å². The third-order valence-corrected chi connectivity index (χ3v) is 1.30. The van der Waals surface area contributed by atoms with Gasteiger partial charge in [0.15, 0.2) is 0 Å². The summed E-state index contributed by atoms with van der Waals surface area (Å²) in [5.41, 5.74) is 0. The zero-order valence-electron chi connectivity index (χ0n) is 7.59. The number of unbranched alkanes of at least 4 members (excludes halogenated alkanes) is 1. The first kappa shape index (κ1) is 12.1. The molecule has 78 valence electrons. The van der Waals surface area contributed by atoms with Gasteiger partial charge in [-0.15, -0.1) is 0 Å². The summed E-state index contributed by atoms with van der Waals surface area (Å²) in [6.07, 6.45) is -2.35. The van der Waals surface area contributed by atoms with Gasteiger partial charge >= 0.3 is 6.16 Å². The first-order valence-corrected chi connectivity index (χ1v) is 4.24. The summed E-state index contributed by atoms with van der Waals surface area (Å²) < 4.78 is 32.2. The lowest BCUT2D eigenvalue weighted by Gasteiger charge is -2.03. The average molecular weight is 196 g/mol. The Morgan fingerprint density at radius 3 is 2.54 bits per heavy atom. The Kier molecular flexibility index (Phi) is 7.24. The number of hydrogen-bond acceptors (Lipinski definition) is 3. The molecular weight excluding hydrogens is 182 g/mol. The van der Waals surface area contributed by atoms with Gasteiger partial charge in [-0.1, -0.05) is 0 Å². The van der Waals surface area contributed by atoms with Gasteiger partial charge in [-0.2, -0.15) is 0 Å². The van der Waals surface area contributed by atoms with Crippen LogP contribution in [0.5, 0.6) is 0 Å². The highest BCUT2D eigenvalue weighted by atomic mass is 19.3. The molecule has 0 atom stereocenters. The van der Waals surface area contributed by atoms with Crippen LogP contribution < -0.4 is 0 Å². The van der Waals surface area contributed by atoms with E-state index >= 15 is 0 Å². The molecule has 0 spiro atoms. The molecule has 0 heterocycles. The van der Waals surface area contributed by atoms with Gasteiger partial charge in [0.25, 0.3) is 0 Å². The van der Waals surface area contributed by atoms with Crippen molar-refractivity contribution in [2.24, 2.45) is 0 Å². The molecule has 0 saturated heterocycles. The molecule has 13 heavy (non-hydrogen) atoms. The average Bonchev–Trinajstić information content (AvgIpc) is 2.03. The summed E-state index contributed by atoms with van der Waals surface area (Å²) in [6.45, 7) is 2.07. The molecule has 0 bridgehead atoms. The zero-order valence-corrected chi connectivity index (χ0v) is 7.59. The van der Waals surface area contributed by atoms with Crippen LogP contribution >= 0.6 is 0 Å². The van der Waals surface area contributed by atoms with E-state index in [9.17, 15) is 13.6 Å². The zero-order chi connectivity index (χ0) is 10.1. The molecule has 0 saturated carbocycles. The lowest BCUT2D eigenvalue weighted by Crippen LogP contribution is -2.08. The van der Waals surface area contributed by atoms with Crippen LogP contribution in [0.15, 0.2) is 0 Å². The van der Waals surface area contributed by atoms with Crippen LogP contribution in [0.3, 0.4) is 0 Å². The molecule has 0 fully saturated rings. The van der Waals surface area contributed by atoms with Gasteiger partial charge in [0.1, 0.15) is 0 Å². The molecule has 0 aromatic heterocycles. The molecular formula is C8H14F2O3. The van der Waals surface area contributed by atoms with Crippen LogP contribution in [0.2, 0.25) is 0 Å². The topological polar surface area (TPSA) is 35.5 Å². The Morgan fingerprint density at radius 1 is 1.31 bits per heavy atom. The number of carbonyl (C=O) groups excluding carboxylic acids is 1. The quantitative estimate of drug-likeness (QED) is 0.483. The molecule has 0 aromatic rings. The molecule has 0 rings (SSSR count). The Hall–Kier alpha value is -0.870. The Bertz CT molecular complexity index is 139. The SMILES string of the molecule is CCOC(=O)OCCCCC(F)F. The van der Waals surface area contributed by atoms with Gasteiger partial charge in [0.05, 0.1) is 13.2 Å². The Morgan fingerprint density at radius 2 is 2.00 bits per heavy atom. The van der Waals surface area contributed by atoms with E-state index in [4.69, 9.17) is 0 Å². The van der Waals surface area contributed by atoms with Crippen LogP contribution in [-0.4, -0.2) is 25.8 Å².